The van der Waals surface area contributed by atoms with Crippen molar-refractivity contribution in [3.05, 3.63) is 55.1 Å². The van der Waals surface area contributed by atoms with E-state index in [0.717, 1.165) is 5.56 Å². The van der Waals surface area contributed by atoms with E-state index in [1.807, 2.05) is 13.0 Å². The fourth-order valence-electron chi connectivity index (χ4n) is 1.86. The number of nitrogens with zero attached hydrogens (tertiary/aromatic N) is 1. The quantitative estimate of drug-likeness (QED) is 0.749. The molecule has 1 aromatic rings. The molecule has 0 radical (unpaired) electrons. The van der Waals surface area contributed by atoms with E-state index in [1.54, 1.807) is 12.1 Å². The average molecular weight is 275 g/mol. The molecule has 0 aliphatic rings. The van der Waals surface area contributed by atoms with Crippen LogP contribution in [-0.4, -0.2) is 13.2 Å². The van der Waals surface area contributed by atoms with Gasteiger partial charge in [-0.25, -0.2) is 8.42 Å². The highest BCUT2D eigenvalue weighted by molar-refractivity contribution is 7.93. The first kappa shape index (κ1) is 15.2. The number of benzene rings is 1. The Hall–Kier alpha value is -1.86. The molecule has 4 heteroatoms. The minimum Gasteiger partial charge on any atom is -0.222 e. The molecule has 1 rings (SSSR count). The third-order valence-electron chi connectivity index (χ3n) is 3.00. The smallest absolute Gasteiger partial charge is 0.198 e. The largest absolute Gasteiger partial charge is 0.222 e. The maximum Gasteiger partial charge on any atom is 0.198 e. The van der Waals surface area contributed by atoms with Gasteiger partial charge in [0.15, 0.2) is 14.6 Å². The summed E-state index contributed by atoms with van der Waals surface area (Å²) in [5.41, 5.74) is 0.967. The Bertz CT molecular complexity index is 597. The average Bonchev–Trinajstić information content (AvgIpc) is 2.38. The van der Waals surface area contributed by atoms with E-state index in [9.17, 15) is 13.7 Å². The van der Waals surface area contributed by atoms with Gasteiger partial charge in [0.05, 0.1) is 11.0 Å². The van der Waals surface area contributed by atoms with Crippen molar-refractivity contribution in [3.8, 4) is 6.07 Å². The van der Waals surface area contributed by atoms with E-state index in [4.69, 9.17) is 0 Å². The van der Waals surface area contributed by atoms with Gasteiger partial charge < -0.3 is 0 Å². The number of rotatable bonds is 6. The Morgan fingerprint density at radius 2 is 1.68 bits per heavy atom. The zero-order valence-corrected chi connectivity index (χ0v) is 11.8. The summed E-state index contributed by atoms with van der Waals surface area (Å²) in [6, 6.07) is 8.44. The lowest BCUT2D eigenvalue weighted by molar-refractivity contribution is 0.556. The van der Waals surface area contributed by atoms with Crippen molar-refractivity contribution in [2.75, 3.05) is 0 Å². The maximum atomic E-state index is 12.7. The van der Waals surface area contributed by atoms with E-state index in [0.29, 0.717) is 0 Å². The number of sulfone groups is 1. The van der Waals surface area contributed by atoms with E-state index in [2.05, 4.69) is 13.2 Å². The van der Waals surface area contributed by atoms with Crippen molar-refractivity contribution in [1.82, 2.24) is 0 Å². The molecule has 0 aromatic heterocycles. The van der Waals surface area contributed by atoms with Gasteiger partial charge in [-0.15, -0.1) is 13.2 Å². The summed E-state index contributed by atoms with van der Waals surface area (Å²) in [6.45, 7) is 8.97. The van der Waals surface area contributed by atoms with Gasteiger partial charge in [0.1, 0.15) is 0 Å². The first-order chi connectivity index (χ1) is 8.93. The van der Waals surface area contributed by atoms with Gasteiger partial charge in [0.25, 0.3) is 0 Å². The van der Waals surface area contributed by atoms with Crippen LogP contribution < -0.4 is 0 Å². The Morgan fingerprint density at radius 3 is 2.05 bits per heavy atom. The monoisotopic (exact) mass is 275 g/mol. The van der Waals surface area contributed by atoms with Crippen LogP contribution in [0.25, 0.3) is 0 Å². The molecule has 0 atom stereocenters. The first-order valence-corrected chi connectivity index (χ1v) is 7.36. The lowest BCUT2D eigenvalue weighted by Gasteiger charge is -2.24. The van der Waals surface area contributed by atoms with Crippen LogP contribution in [0.2, 0.25) is 0 Å². The molecule has 0 aliphatic heterocycles. The first-order valence-electron chi connectivity index (χ1n) is 5.88. The van der Waals surface area contributed by atoms with E-state index >= 15 is 0 Å². The summed E-state index contributed by atoms with van der Waals surface area (Å²) >= 11 is 0. The number of nitriles is 1. The molecular weight excluding hydrogens is 258 g/mol. The fraction of sp³-hybridized carbons (Fsp3) is 0.267. The number of hydrogen-bond donors (Lipinski definition) is 0. The summed E-state index contributed by atoms with van der Waals surface area (Å²) in [7, 11) is -3.76. The lowest BCUT2D eigenvalue weighted by atomic mass is 10.0. The van der Waals surface area contributed by atoms with Crippen LogP contribution in [0, 0.1) is 18.3 Å². The summed E-state index contributed by atoms with van der Waals surface area (Å²) in [4.78, 5) is 0.156. The third-order valence-corrected chi connectivity index (χ3v) is 5.34. The van der Waals surface area contributed by atoms with Crippen LogP contribution in [0.5, 0.6) is 0 Å². The zero-order chi connectivity index (χ0) is 14.5. The number of aryl methyl sites for hydroxylation is 1. The van der Waals surface area contributed by atoms with Gasteiger partial charge in [0, 0.05) is 0 Å². The minimum absolute atomic E-state index is 0.0751. The topological polar surface area (TPSA) is 57.9 Å². The van der Waals surface area contributed by atoms with Crippen molar-refractivity contribution in [2.24, 2.45) is 0 Å². The minimum atomic E-state index is -3.76. The molecule has 0 spiro atoms. The molecule has 0 N–H and O–H groups in total. The predicted molar refractivity (Wildman–Crippen MR) is 76.3 cm³/mol. The molecule has 0 bridgehead atoms. The molecule has 0 fully saturated rings. The Labute approximate surface area is 114 Å². The van der Waals surface area contributed by atoms with Crippen LogP contribution in [0.1, 0.15) is 18.4 Å². The van der Waals surface area contributed by atoms with E-state index in [1.165, 1.54) is 24.3 Å². The van der Waals surface area contributed by atoms with Crippen LogP contribution in [0.4, 0.5) is 0 Å². The molecule has 0 amide bonds. The highest BCUT2D eigenvalue weighted by atomic mass is 32.2. The molecule has 100 valence electrons. The Balaban J connectivity index is 3.43. The van der Waals surface area contributed by atoms with Crippen molar-refractivity contribution >= 4 is 9.84 Å². The Morgan fingerprint density at radius 1 is 1.21 bits per heavy atom. The predicted octanol–water partition coefficient (Wildman–Crippen LogP) is 3.18. The van der Waals surface area contributed by atoms with Crippen LogP contribution in [-0.2, 0) is 9.84 Å². The SMILES string of the molecule is C=CCC(C#N)(CC=C)S(=O)(=O)c1ccc(C)cc1. The third kappa shape index (κ3) is 2.77. The summed E-state index contributed by atoms with van der Waals surface area (Å²) in [5.74, 6) is 0. The maximum absolute atomic E-state index is 12.7. The second-order valence-electron chi connectivity index (χ2n) is 4.41. The van der Waals surface area contributed by atoms with Crippen molar-refractivity contribution in [2.45, 2.75) is 29.4 Å². The highest BCUT2D eigenvalue weighted by Gasteiger charge is 2.43. The second-order valence-corrected chi connectivity index (χ2v) is 6.67. The van der Waals surface area contributed by atoms with Crippen LogP contribution in [0.3, 0.4) is 0 Å². The molecular formula is C15H17NO2S. The highest BCUT2D eigenvalue weighted by Crippen LogP contribution is 2.32. The van der Waals surface area contributed by atoms with Gasteiger partial charge in [0.2, 0.25) is 0 Å². The fourth-order valence-corrected chi connectivity index (χ4v) is 3.60. The van der Waals surface area contributed by atoms with Crippen molar-refractivity contribution in [3.63, 3.8) is 0 Å². The molecule has 0 heterocycles. The van der Waals surface area contributed by atoms with E-state index < -0.39 is 14.6 Å². The van der Waals surface area contributed by atoms with Gasteiger partial charge in [-0.2, -0.15) is 5.26 Å². The van der Waals surface area contributed by atoms with E-state index in [-0.39, 0.29) is 17.7 Å². The van der Waals surface area contributed by atoms with Crippen molar-refractivity contribution in [1.29, 1.82) is 5.26 Å². The van der Waals surface area contributed by atoms with Crippen molar-refractivity contribution < 1.29 is 8.42 Å². The molecule has 1 aromatic carbocycles. The summed E-state index contributed by atoms with van der Waals surface area (Å²) < 4.78 is 23.8. The molecule has 0 unspecified atom stereocenters. The molecule has 19 heavy (non-hydrogen) atoms. The lowest BCUT2D eigenvalue weighted by Crippen LogP contribution is -2.36. The van der Waals surface area contributed by atoms with Gasteiger partial charge in [-0.1, -0.05) is 29.8 Å². The normalized spacial score (nSPS) is 11.6. The van der Waals surface area contributed by atoms with Crippen LogP contribution >= 0.6 is 0 Å². The molecule has 3 nitrogen and oxygen atoms in total. The standard InChI is InChI=1S/C15H17NO2S/c1-4-10-15(12-16,11-5-2)19(17,18)14-8-6-13(3)7-9-14/h4-9H,1-2,10-11H2,3H3. The van der Waals surface area contributed by atoms with Gasteiger partial charge in [-0.05, 0) is 31.9 Å². The zero-order valence-electron chi connectivity index (χ0n) is 11.0. The number of hydrogen-bond acceptors (Lipinski definition) is 3. The Kier molecular flexibility index (Phi) is 4.68. The number of allylic oxidation sites excluding steroid dienone is 2. The van der Waals surface area contributed by atoms with Crippen LogP contribution in [0.15, 0.2) is 54.5 Å². The molecule has 0 aliphatic carbocycles. The summed E-state index contributed by atoms with van der Waals surface area (Å²) in [6.07, 6.45) is 3.06. The van der Waals surface area contributed by atoms with Gasteiger partial charge >= 0.3 is 0 Å². The molecule has 0 saturated heterocycles. The molecule has 0 saturated carbocycles. The second kappa shape index (κ2) is 5.85. The summed E-state index contributed by atoms with van der Waals surface area (Å²) in [5, 5.41) is 9.37. The van der Waals surface area contributed by atoms with Gasteiger partial charge in [-0.3, -0.25) is 0 Å².